The van der Waals surface area contributed by atoms with Crippen LogP contribution in [0.15, 0.2) is 0 Å². The van der Waals surface area contributed by atoms with E-state index in [9.17, 15) is 0 Å². The molecule has 1 aliphatic rings. The number of rotatable bonds is 4. The number of nitrogens with one attached hydrogen (secondary N) is 1. The summed E-state index contributed by atoms with van der Waals surface area (Å²) >= 11 is 0. The Morgan fingerprint density at radius 1 is 1.46 bits per heavy atom. The van der Waals surface area contributed by atoms with Gasteiger partial charge in [0.1, 0.15) is 0 Å². The minimum atomic E-state index is -0.168. The van der Waals surface area contributed by atoms with E-state index in [-0.39, 0.29) is 6.10 Å². The van der Waals surface area contributed by atoms with Crippen molar-refractivity contribution >= 4 is 0 Å². The molecule has 0 aromatic carbocycles. The van der Waals surface area contributed by atoms with E-state index in [1.54, 1.807) is 0 Å². The Bertz CT molecular complexity index is 131. The smallest absolute Gasteiger partial charge is 0.0524 e. The van der Waals surface area contributed by atoms with E-state index in [1.165, 1.54) is 25.9 Å². The number of nitrogens with zero attached hydrogens (tertiary/aromatic N) is 1. The predicted molar refractivity (Wildman–Crippen MR) is 54.8 cm³/mol. The summed E-state index contributed by atoms with van der Waals surface area (Å²) in [6, 6.07) is 0.676. The molecule has 2 N–H and O–H groups in total. The molecule has 3 heteroatoms. The van der Waals surface area contributed by atoms with Gasteiger partial charge in [0.05, 0.1) is 6.10 Å². The second-order valence-electron chi connectivity index (χ2n) is 4.17. The highest BCUT2D eigenvalue weighted by atomic mass is 16.3. The summed E-state index contributed by atoms with van der Waals surface area (Å²) < 4.78 is 0. The van der Waals surface area contributed by atoms with Gasteiger partial charge in [-0.2, -0.15) is 0 Å². The van der Waals surface area contributed by atoms with Crippen LogP contribution in [0.5, 0.6) is 0 Å². The summed E-state index contributed by atoms with van der Waals surface area (Å²) in [6.07, 6.45) is 3.19. The highest BCUT2D eigenvalue weighted by molar-refractivity contribution is 4.75. The lowest BCUT2D eigenvalue weighted by molar-refractivity contribution is 0.176. The summed E-state index contributed by atoms with van der Waals surface area (Å²) in [5.74, 6) is 0. The predicted octanol–water partition coefficient (Wildman–Crippen LogP) is 0.441. The Morgan fingerprint density at radius 3 is 2.62 bits per heavy atom. The SMILES string of the molecule is C[C@H](O)CCNC1CCN(C)CC1. The van der Waals surface area contributed by atoms with E-state index in [0.29, 0.717) is 6.04 Å². The normalized spacial score (nSPS) is 23.3. The molecule has 3 nitrogen and oxygen atoms in total. The highest BCUT2D eigenvalue weighted by Crippen LogP contribution is 2.07. The van der Waals surface area contributed by atoms with Gasteiger partial charge in [-0.05, 0) is 52.9 Å². The van der Waals surface area contributed by atoms with Crippen LogP contribution in [-0.4, -0.2) is 48.8 Å². The molecule has 1 heterocycles. The maximum absolute atomic E-state index is 9.08. The molecule has 0 unspecified atom stereocenters. The molecule has 0 saturated carbocycles. The molecule has 1 rings (SSSR count). The average Bonchev–Trinajstić information content (AvgIpc) is 2.08. The van der Waals surface area contributed by atoms with Gasteiger partial charge >= 0.3 is 0 Å². The van der Waals surface area contributed by atoms with E-state index in [1.807, 2.05) is 6.92 Å². The van der Waals surface area contributed by atoms with Gasteiger partial charge in [0.25, 0.3) is 0 Å². The van der Waals surface area contributed by atoms with Gasteiger partial charge in [-0.3, -0.25) is 0 Å². The third-order valence-corrected chi connectivity index (χ3v) is 2.71. The summed E-state index contributed by atoms with van der Waals surface area (Å²) in [7, 11) is 2.17. The van der Waals surface area contributed by atoms with Crippen molar-refractivity contribution in [1.29, 1.82) is 0 Å². The number of piperidine rings is 1. The van der Waals surface area contributed by atoms with E-state index in [2.05, 4.69) is 17.3 Å². The Labute approximate surface area is 81.1 Å². The van der Waals surface area contributed by atoms with Gasteiger partial charge in [0, 0.05) is 6.04 Å². The van der Waals surface area contributed by atoms with Crippen LogP contribution in [0.25, 0.3) is 0 Å². The van der Waals surface area contributed by atoms with E-state index >= 15 is 0 Å². The molecule has 1 aliphatic heterocycles. The molecule has 1 saturated heterocycles. The fraction of sp³-hybridized carbons (Fsp3) is 1.00. The first kappa shape index (κ1) is 11.0. The Balaban J connectivity index is 2.02. The quantitative estimate of drug-likeness (QED) is 0.669. The minimum absolute atomic E-state index is 0.168. The third-order valence-electron chi connectivity index (χ3n) is 2.71. The lowest BCUT2D eigenvalue weighted by atomic mass is 10.1. The standard InChI is InChI=1S/C10H22N2O/c1-9(13)3-6-11-10-4-7-12(2)8-5-10/h9-11,13H,3-8H2,1-2H3/t9-/m0/s1. The first-order valence-electron chi connectivity index (χ1n) is 5.28. The molecule has 1 atom stereocenters. The maximum Gasteiger partial charge on any atom is 0.0524 e. The van der Waals surface area contributed by atoms with Crippen LogP contribution < -0.4 is 5.32 Å². The van der Waals surface area contributed by atoms with Crippen molar-refractivity contribution in [3.8, 4) is 0 Å². The molecule has 0 spiro atoms. The minimum Gasteiger partial charge on any atom is -0.393 e. The summed E-state index contributed by atoms with van der Waals surface area (Å²) in [6.45, 7) is 5.20. The Morgan fingerprint density at radius 2 is 2.08 bits per heavy atom. The van der Waals surface area contributed by atoms with Gasteiger partial charge in [0.15, 0.2) is 0 Å². The van der Waals surface area contributed by atoms with Crippen LogP contribution >= 0.6 is 0 Å². The first-order chi connectivity index (χ1) is 6.18. The summed E-state index contributed by atoms with van der Waals surface area (Å²) in [5.41, 5.74) is 0. The second-order valence-corrected chi connectivity index (χ2v) is 4.17. The first-order valence-corrected chi connectivity index (χ1v) is 5.28. The van der Waals surface area contributed by atoms with Gasteiger partial charge in [-0.15, -0.1) is 0 Å². The molecule has 0 aromatic rings. The average molecular weight is 186 g/mol. The molecule has 78 valence electrons. The number of likely N-dealkylation sites (tertiary alicyclic amines) is 1. The molecule has 13 heavy (non-hydrogen) atoms. The lowest BCUT2D eigenvalue weighted by Crippen LogP contribution is -2.41. The van der Waals surface area contributed by atoms with E-state index < -0.39 is 0 Å². The summed E-state index contributed by atoms with van der Waals surface area (Å²) in [4.78, 5) is 2.37. The van der Waals surface area contributed by atoms with Crippen molar-refractivity contribution in [3.05, 3.63) is 0 Å². The monoisotopic (exact) mass is 186 g/mol. The van der Waals surface area contributed by atoms with Gasteiger partial charge in [-0.25, -0.2) is 0 Å². The van der Waals surface area contributed by atoms with Crippen LogP contribution in [0, 0.1) is 0 Å². The van der Waals surface area contributed by atoms with Crippen LogP contribution in [-0.2, 0) is 0 Å². The topological polar surface area (TPSA) is 35.5 Å². The fourth-order valence-electron chi connectivity index (χ4n) is 1.71. The van der Waals surface area contributed by atoms with Crippen LogP contribution in [0.1, 0.15) is 26.2 Å². The number of aliphatic hydroxyl groups excluding tert-OH is 1. The lowest BCUT2D eigenvalue weighted by Gasteiger charge is -2.29. The fourth-order valence-corrected chi connectivity index (χ4v) is 1.71. The zero-order chi connectivity index (χ0) is 9.68. The van der Waals surface area contributed by atoms with Gasteiger partial charge < -0.3 is 15.3 Å². The Kier molecular flexibility index (Phi) is 4.70. The molecule has 0 aromatic heterocycles. The van der Waals surface area contributed by atoms with Crippen LogP contribution in [0.4, 0.5) is 0 Å². The number of hydrogen-bond donors (Lipinski definition) is 2. The van der Waals surface area contributed by atoms with Gasteiger partial charge in [-0.1, -0.05) is 0 Å². The van der Waals surface area contributed by atoms with Crippen molar-refractivity contribution in [1.82, 2.24) is 10.2 Å². The van der Waals surface area contributed by atoms with Gasteiger partial charge in [0.2, 0.25) is 0 Å². The molecule has 0 amide bonds. The molecule has 0 bridgehead atoms. The second kappa shape index (κ2) is 5.58. The van der Waals surface area contributed by atoms with Crippen LogP contribution in [0.2, 0.25) is 0 Å². The Hall–Kier alpha value is -0.120. The third kappa shape index (κ3) is 4.60. The molecular formula is C10H22N2O. The molecular weight excluding hydrogens is 164 g/mol. The maximum atomic E-state index is 9.08. The number of aliphatic hydroxyl groups is 1. The summed E-state index contributed by atoms with van der Waals surface area (Å²) in [5, 5.41) is 12.6. The molecule has 1 fully saturated rings. The van der Waals surface area contributed by atoms with Crippen molar-refractivity contribution in [2.24, 2.45) is 0 Å². The van der Waals surface area contributed by atoms with Crippen molar-refractivity contribution in [2.45, 2.75) is 38.3 Å². The van der Waals surface area contributed by atoms with E-state index in [0.717, 1.165) is 13.0 Å². The van der Waals surface area contributed by atoms with Crippen molar-refractivity contribution in [2.75, 3.05) is 26.7 Å². The zero-order valence-electron chi connectivity index (χ0n) is 8.79. The van der Waals surface area contributed by atoms with Crippen molar-refractivity contribution in [3.63, 3.8) is 0 Å². The van der Waals surface area contributed by atoms with Crippen molar-refractivity contribution < 1.29 is 5.11 Å². The molecule has 0 radical (unpaired) electrons. The van der Waals surface area contributed by atoms with Crippen LogP contribution in [0.3, 0.4) is 0 Å². The zero-order valence-corrected chi connectivity index (χ0v) is 8.79. The molecule has 0 aliphatic carbocycles. The van der Waals surface area contributed by atoms with E-state index in [4.69, 9.17) is 5.11 Å². The number of hydrogen-bond acceptors (Lipinski definition) is 3. The highest BCUT2D eigenvalue weighted by Gasteiger charge is 2.15. The largest absolute Gasteiger partial charge is 0.393 e.